The maximum absolute atomic E-state index is 12.1. The molecule has 0 saturated heterocycles. The molecule has 0 aliphatic carbocycles. The van der Waals surface area contributed by atoms with Gasteiger partial charge < -0.3 is 15.8 Å². The molecule has 5 nitrogen and oxygen atoms in total. The maximum Gasteiger partial charge on any atom is 0.422 e. The Morgan fingerprint density at radius 3 is 2.73 bits per heavy atom. The Kier molecular flexibility index (Phi) is 6.16. The van der Waals surface area contributed by atoms with Gasteiger partial charge in [0.2, 0.25) is 11.8 Å². The number of alkyl halides is 3. The molecule has 1 heterocycles. The summed E-state index contributed by atoms with van der Waals surface area (Å²) in [5, 5.41) is 2.65. The molecule has 8 heteroatoms. The lowest BCUT2D eigenvalue weighted by molar-refractivity contribution is -0.154. The van der Waals surface area contributed by atoms with Gasteiger partial charge in [-0.1, -0.05) is 13.3 Å². The lowest BCUT2D eigenvalue weighted by atomic mass is 9.96. The van der Waals surface area contributed by atoms with Crippen molar-refractivity contribution in [1.29, 1.82) is 0 Å². The average Bonchev–Trinajstić information content (AvgIpc) is 2.42. The largest absolute Gasteiger partial charge is 0.468 e. The van der Waals surface area contributed by atoms with Crippen molar-refractivity contribution in [2.75, 3.05) is 6.61 Å². The average molecular weight is 319 g/mol. The van der Waals surface area contributed by atoms with Crippen molar-refractivity contribution in [2.24, 2.45) is 5.73 Å². The molecule has 1 unspecified atom stereocenters. The van der Waals surface area contributed by atoms with Gasteiger partial charge in [0, 0.05) is 18.8 Å². The maximum atomic E-state index is 12.1. The smallest absolute Gasteiger partial charge is 0.422 e. The molecule has 1 amide bonds. The first-order chi connectivity index (χ1) is 10.1. The number of nitrogens with zero attached hydrogens (tertiary/aromatic N) is 1. The SMILES string of the molecule is CCCC(C)(N)C(=O)NCc1ccnc(OCC(F)(F)F)c1. The quantitative estimate of drug-likeness (QED) is 0.807. The summed E-state index contributed by atoms with van der Waals surface area (Å²) >= 11 is 0. The predicted octanol–water partition coefficient (Wildman–Crippen LogP) is 2.16. The number of amides is 1. The molecule has 3 N–H and O–H groups in total. The van der Waals surface area contributed by atoms with E-state index >= 15 is 0 Å². The first kappa shape index (κ1) is 18.2. The zero-order valence-corrected chi connectivity index (χ0v) is 12.5. The molecule has 0 fully saturated rings. The Balaban J connectivity index is 2.58. The highest BCUT2D eigenvalue weighted by Gasteiger charge is 2.29. The molecule has 0 saturated carbocycles. The van der Waals surface area contributed by atoms with Gasteiger partial charge in [-0.15, -0.1) is 0 Å². The number of ether oxygens (including phenoxy) is 1. The van der Waals surface area contributed by atoms with E-state index in [4.69, 9.17) is 5.73 Å². The highest BCUT2D eigenvalue weighted by Crippen LogP contribution is 2.17. The molecule has 124 valence electrons. The fourth-order valence-corrected chi connectivity index (χ4v) is 1.81. The summed E-state index contributed by atoms with van der Waals surface area (Å²) in [6.45, 7) is 2.29. The number of halogens is 3. The molecule has 1 atom stereocenters. The van der Waals surface area contributed by atoms with Crippen LogP contribution in [-0.4, -0.2) is 29.2 Å². The number of aromatic nitrogens is 1. The van der Waals surface area contributed by atoms with Crippen molar-refractivity contribution in [3.8, 4) is 5.88 Å². The number of carbonyl (C=O) groups is 1. The van der Waals surface area contributed by atoms with Crippen LogP contribution in [0.1, 0.15) is 32.3 Å². The number of rotatable bonds is 7. The zero-order valence-electron chi connectivity index (χ0n) is 12.5. The summed E-state index contributed by atoms with van der Waals surface area (Å²) in [4.78, 5) is 15.6. The minimum Gasteiger partial charge on any atom is -0.468 e. The molecule has 0 radical (unpaired) electrons. The number of carbonyl (C=O) groups excluding carboxylic acids is 1. The summed E-state index contributed by atoms with van der Waals surface area (Å²) in [5.74, 6) is -0.461. The van der Waals surface area contributed by atoms with E-state index in [1.165, 1.54) is 12.3 Å². The van der Waals surface area contributed by atoms with Gasteiger partial charge in [0.15, 0.2) is 6.61 Å². The van der Waals surface area contributed by atoms with Crippen LogP contribution in [0, 0.1) is 0 Å². The van der Waals surface area contributed by atoms with Crippen LogP contribution < -0.4 is 15.8 Å². The van der Waals surface area contributed by atoms with Crippen LogP contribution in [0.25, 0.3) is 0 Å². The second-order valence-corrected chi connectivity index (χ2v) is 5.26. The van der Waals surface area contributed by atoms with Gasteiger partial charge in [0.25, 0.3) is 0 Å². The normalized spacial score (nSPS) is 14.3. The molecule has 0 aliphatic rings. The molecule has 1 aromatic heterocycles. The van der Waals surface area contributed by atoms with E-state index in [2.05, 4.69) is 15.0 Å². The number of hydrogen-bond acceptors (Lipinski definition) is 4. The van der Waals surface area contributed by atoms with E-state index in [0.29, 0.717) is 12.0 Å². The van der Waals surface area contributed by atoms with Crippen LogP contribution >= 0.6 is 0 Å². The lowest BCUT2D eigenvalue weighted by Gasteiger charge is -2.22. The molecule has 1 aromatic rings. The Bertz CT molecular complexity index is 504. The first-order valence-corrected chi connectivity index (χ1v) is 6.86. The van der Waals surface area contributed by atoms with Gasteiger partial charge >= 0.3 is 6.18 Å². The van der Waals surface area contributed by atoms with Crippen LogP contribution in [0.5, 0.6) is 5.88 Å². The molecule has 22 heavy (non-hydrogen) atoms. The summed E-state index contributed by atoms with van der Waals surface area (Å²) in [5.41, 5.74) is 5.49. The van der Waals surface area contributed by atoms with E-state index in [9.17, 15) is 18.0 Å². The summed E-state index contributed by atoms with van der Waals surface area (Å²) in [6.07, 6.45) is -1.80. The van der Waals surface area contributed by atoms with E-state index in [0.717, 1.165) is 6.42 Å². The molecular weight excluding hydrogens is 299 g/mol. The van der Waals surface area contributed by atoms with Gasteiger partial charge in [0.05, 0.1) is 5.54 Å². The van der Waals surface area contributed by atoms with E-state index < -0.39 is 18.3 Å². The van der Waals surface area contributed by atoms with Crippen LogP contribution in [0.2, 0.25) is 0 Å². The third kappa shape index (κ3) is 6.30. The van der Waals surface area contributed by atoms with E-state index in [1.54, 1.807) is 13.0 Å². The lowest BCUT2D eigenvalue weighted by Crippen LogP contribution is -2.51. The third-order valence-corrected chi connectivity index (χ3v) is 2.92. The van der Waals surface area contributed by atoms with Gasteiger partial charge in [-0.2, -0.15) is 13.2 Å². The van der Waals surface area contributed by atoms with Crippen molar-refractivity contribution in [3.63, 3.8) is 0 Å². The number of pyridine rings is 1. The Morgan fingerprint density at radius 2 is 2.14 bits per heavy atom. The third-order valence-electron chi connectivity index (χ3n) is 2.92. The number of nitrogens with one attached hydrogen (secondary N) is 1. The summed E-state index contributed by atoms with van der Waals surface area (Å²) < 4.78 is 40.8. The van der Waals surface area contributed by atoms with Crippen LogP contribution in [0.3, 0.4) is 0 Å². The molecular formula is C14H20F3N3O2. The summed E-state index contributed by atoms with van der Waals surface area (Å²) in [7, 11) is 0. The van der Waals surface area contributed by atoms with Crippen molar-refractivity contribution in [2.45, 2.75) is 44.9 Å². The van der Waals surface area contributed by atoms with Crippen molar-refractivity contribution >= 4 is 5.91 Å². The van der Waals surface area contributed by atoms with E-state index in [1.807, 2.05) is 6.92 Å². The second-order valence-electron chi connectivity index (χ2n) is 5.26. The van der Waals surface area contributed by atoms with Crippen molar-refractivity contribution < 1.29 is 22.7 Å². The first-order valence-electron chi connectivity index (χ1n) is 6.86. The Hall–Kier alpha value is -1.83. The highest BCUT2D eigenvalue weighted by molar-refractivity contribution is 5.85. The summed E-state index contributed by atoms with van der Waals surface area (Å²) in [6, 6.07) is 2.92. The molecule has 0 spiro atoms. The zero-order chi connectivity index (χ0) is 16.8. The topological polar surface area (TPSA) is 77.2 Å². The fourth-order valence-electron chi connectivity index (χ4n) is 1.81. The van der Waals surface area contributed by atoms with Gasteiger partial charge in [-0.25, -0.2) is 4.98 Å². The predicted molar refractivity (Wildman–Crippen MR) is 75.1 cm³/mol. The number of nitrogens with two attached hydrogens (primary N) is 1. The Morgan fingerprint density at radius 1 is 1.45 bits per heavy atom. The standard InChI is InChI=1S/C14H20F3N3O2/c1-3-5-13(2,18)12(21)20-8-10-4-6-19-11(7-10)22-9-14(15,16)17/h4,6-7H,3,5,8-9,18H2,1-2H3,(H,20,21). The minimum absolute atomic E-state index is 0.139. The number of hydrogen-bond donors (Lipinski definition) is 2. The highest BCUT2D eigenvalue weighted by atomic mass is 19.4. The van der Waals surface area contributed by atoms with Crippen LogP contribution in [0.15, 0.2) is 18.3 Å². The monoisotopic (exact) mass is 319 g/mol. The van der Waals surface area contributed by atoms with E-state index in [-0.39, 0.29) is 18.3 Å². The van der Waals surface area contributed by atoms with Crippen LogP contribution in [0.4, 0.5) is 13.2 Å². The second kappa shape index (κ2) is 7.44. The van der Waals surface area contributed by atoms with Gasteiger partial charge in [-0.05, 0) is 25.0 Å². The van der Waals surface area contributed by atoms with Crippen LogP contribution in [-0.2, 0) is 11.3 Å². The Labute approximate surface area is 127 Å². The minimum atomic E-state index is -4.42. The molecule has 0 aromatic carbocycles. The van der Waals surface area contributed by atoms with Crippen molar-refractivity contribution in [3.05, 3.63) is 23.9 Å². The fraction of sp³-hybridized carbons (Fsp3) is 0.571. The molecule has 0 bridgehead atoms. The van der Waals surface area contributed by atoms with Gasteiger partial charge in [0.1, 0.15) is 0 Å². The van der Waals surface area contributed by atoms with Crippen molar-refractivity contribution in [1.82, 2.24) is 10.3 Å². The molecule has 0 aliphatic heterocycles. The van der Waals surface area contributed by atoms with Gasteiger partial charge in [-0.3, -0.25) is 4.79 Å². The molecule has 1 rings (SSSR count).